The molecule has 2 nitrogen and oxygen atoms in total. The summed E-state index contributed by atoms with van der Waals surface area (Å²) in [6, 6.07) is 11.5. The van der Waals surface area contributed by atoms with Crippen LogP contribution in [0.1, 0.15) is 57.2 Å². The fraction of sp³-hybridized carbons (Fsp3) is 0.257. The molecule has 2 aromatic carbocycles. The molecule has 1 aromatic heterocycles. The summed E-state index contributed by atoms with van der Waals surface area (Å²) in [7, 11) is 3.68. The highest BCUT2D eigenvalue weighted by Crippen LogP contribution is 2.38. The van der Waals surface area contributed by atoms with Gasteiger partial charge in [0.1, 0.15) is 0 Å². The van der Waals surface area contributed by atoms with Gasteiger partial charge in [-0.25, -0.2) is 0 Å². The van der Waals surface area contributed by atoms with Crippen LogP contribution < -0.4 is 5.73 Å². The van der Waals surface area contributed by atoms with Crippen LogP contribution in [0.25, 0.3) is 33.0 Å². The second-order valence-electron chi connectivity index (χ2n) is 8.62. The minimum absolute atomic E-state index is 1.08. The first-order chi connectivity index (χ1) is 18.1. The molecular weight excluding hydrogens is 448 g/mol. The lowest BCUT2D eigenvalue weighted by atomic mass is 9.91. The molecule has 0 saturated heterocycles. The fourth-order valence-electron chi connectivity index (χ4n) is 4.82. The predicted molar refractivity (Wildman–Crippen MR) is 169 cm³/mol. The maximum absolute atomic E-state index is 4.50. The molecular formula is C35H44N2. The number of aryl methyl sites for hydroxylation is 2. The third kappa shape index (κ3) is 6.58. The summed E-state index contributed by atoms with van der Waals surface area (Å²) in [5.74, 6) is 0. The number of rotatable bonds is 6. The van der Waals surface area contributed by atoms with E-state index in [0.29, 0.717) is 0 Å². The van der Waals surface area contributed by atoms with Crippen LogP contribution in [0.15, 0.2) is 103 Å². The summed E-state index contributed by atoms with van der Waals surface area (Å²) in [6.45, 7) is 14.2. The average Bonchev–Trinajstić information content (AvgIpc) is 3.21. The van der Waals surface area contributed by atoms with Gasteiger partial charge in [-0.05, 0) is 86.2 Å². The Morgan fingerprint density at radius 3 is 2.43 bits per heavy atom. The number of aromatic nitrogens is 1. The van der Waals surface area contributed by atoms with Gasteiger partial charge in [-0.1, -0.05) is 99.4 Å². The van der Waals surface area contributed by atoms with E-state index in [1.165, 1.54) is 62.3 Å². The van der Waals surface area contributed by atoms with E-state index < -0.39 is 0 Å². The first-order valence-electron chi connectivity index (χ1n) is 13.3. The van der Waals surface area contributed by atoms with E-state index in [1.54, 1.807) is 0 Å². The predicted octanol–water partition coefficient (Wildman–Crippen LogP) is 9.62. The Kier molecular flexibility index (Phi) is 11.9. The number of hydrogen-bond donors (Lipinski definition) is 1. The molecule has 2 N–H and O–H groups in total. The topological polar surface area (TPSA) is 30.9 Å². The third-order valence-corrected chi connectivity index (χ3v) is 6.33. The molecule has 3 aromatic rings. The Hall–Kier alpha value is -3.62. The number of benzene rings is 2. The van der Waals surface area contributed by atoms with Gasteiger partial charge in [-0.3, -0.25) is 0 Å². The monoisotopic (exact) mass is 492 g/mol. The van der Waals surface area contributed by atoms with Gasteiger partial charge in [-0.2, -0.15) is 0 Å². The van der Waals surface area contributed by atoms with Crippen molar-refractivity contribution in [2.45, 2.75) is 47.5 Å². The maximum Gasteiger partial charge on any atom is 0.0497 e. The van der Waals surface area contributed by atoms with Crippen molar-refractivity contribution in [3.63, 3.8) is 0 Å². The van der Waals surface area contributed by atoms with Crippen molar-refractivity contribution in [2.24, 2.45) is 12.8 Å². The van der Waals surface area contributed by atoms with Crippen LogP contribution in [0.4, 0.5) is 0 Å². The molecule has 0 aliphatic heterocycles. The molecule has 194 valence electrons. The number of nitrogens with zero attached hydrogens (tertiary/aromatic N) is 1. The van der Waals surface area contributed by atoms with Gasteiger partial charge in [0.2, 0.25) is 0 Å². The molecule has 1 aliphatic carbocycles. The molecule has 2 heteroatoms. The van der Waals surface area contributed by atoms with Crippen molar-refractivity contribution in [2.75, 3.05) is 7.05 Å². The maximum atomic E-state index is 4.50. The molecule has 0 amide bonds. The highest BCUT2D eigenvalue weighted by atomic mass is 14.9. The van der Waals surface area contributed by atoms with Crippen LogP contribution in [0, 0.1) is 6.92 Å². The van der Waals surface area contributed by atoms with Crippen molar-refractivity contribution >= 4 is 33.0 Å². The lowest BCUT2D eigenvalue weighted by molar-refractivity contribution is 0.995. The number of allylic oxidation sites excluding steroid dienone is 13. The van der Waals surface area contributed by atoms with E-state index in [0.717, 1.165) is 12.8 Å². The number of nitrogens with two attached hydrogens (primary N) is 1. The summed E-state index contributed by atoms with van der Waals surface area (Å²) in [4.78, 5) is 0. The fourth-order valence-corrected chi connectivity index (χ4v) is 4.82. The highest BCUT2D eigenvalue weighted by Gasteiger charge is 2.16. The third-order valence-electron chi connectivity index (χ3n) is 6.33. The zero-order valence-electron chi connectivity index (χ0n) is 23.8. The SMILES string of the molecule is C=C/C=C(\C=C/C)c1cc(C)cc2c1c1ccc(C3=C(/C=C\C=C/C)CCC=C3)cc1n2C.CC.CN. The lowest BCUT2D eigenvalue weighted by Gasteiger charge is -2.14. The quantitative estimate of drug-likeness (QED) is 0.341. The Labute approximate surface area is 224 Å². The standard InChI is InChI=1S/C32H33N.C2H6.CH5N/c1-6-9-10-15-25-16-11-12-17-27(25)26-18-19-28-30(22-26)33(5)31-21-23(4)20-29(32(28)31)24(13-7-2)14-8-3;2*1-2/h6-10,12-15,17-22H,2,11,16H2,1,3-5H3;1-2H3;2H2,1H3/b9-6-,14-8-,15-10-,24-13+;;. The summed E-state index contributed by atoms with van der Waals surface area (Å²) >= 11 is 0. The minimum Gasteiger partial charge on any atom is -0.344 e. The molecule has 0 saturated carbocycles. The Balaban J connectivity index is 0.00000115. The van der Waals surface area contributed by atoms with Crippen molar-refractivity contribution in [1.82, 2.24) is 4.57 Å². The summed E-state index contributed by atoms with van der Waals surface area (Å²) in [6.07, 6.45) is 23.6. The molecule has 37 heavy (non-hydrogen) atoms. The van der Waals surface area contributed by atoms with Crippen molar-refractivity contribution in [1.29, 1.82) is 0 Å². The summed E-state index contributed by atoms with van der Waals surface area (Å²) < 4.78 is 2.34. The second kappa shape index (κ2) is 14.8. The van der Waals surface area contributed by atoms with E-state index in [2.05, 4.69) is 130 Å². The van der Waals surface area contributed by atoms with E-state index in [-0.39, 0.29) is 0 Å². The Bertz CT molecular complexity index is 1400. The van der Waals surface area contributed by atoms with Gasteiger partial charge >= 0.3 is 0 Å². The highest BCUT2D eigenvalue weighted by molar-refractivity contribution is 6.14. The average molecular weight is 493 g/mol. The Morgan fingerprint density at radius 2 is 1.76 bits per heavy atom. The molecule has 0 radical (unpaired) electrons. The molecule has 1 heterocycles. The molecule has 0 atom stereocenters. The normalized spacial score (nSPS) is 14.0. The van der Waals surface area contributed by atoms with Crippen LogP contribution in [-0.2, 0) is 7.05 Å². The van der Waals surface area contributed by atoms with Crippen molar-refractivity contribution < 1.29 is 0 Å². The summed E-state index contributed by atoms with van der Waals surface area (Å²) in [5, 5.41) is 2.59. The first kappa shape index (κ1) is 29.6. The second-order valence-corrected chi connectivity index (χ2v) is 8.62. The number of fused-ring (bicyclic) bond motifs is 3. The molecule has 1 aliphatic rings. The molecule has 4 rings (SSSR count). The lowest BCUT2D eigenvalue weighted by Crippen LogP contribution is -1.94. The molecule has 0 unspecified atom stereocenters. The van der Waals surface area contributed by atoms with Crippen molar-refractivity contribution in [3.05, 3.63) is 120 Å². The van der Waals surface area contributed by atoms with Gasteiger partial charge in [-0.15, -0.1) is 0 Å². The smallest absolute Gasteiger partial charge is 0.0497 e. The summed E-state index contributed by atoms with van der Waals surface area (Å²) in [5.41, 5.74) is 14.7. The van der Waals surface area contributed by atoms with E-state index >= 15 is 0 Å². The van der Waals surface area contributed by atoms with Gasteiger partial charge in [0, 0.05) is 28.9 Å². The first-order valence-corrected chi connectivity index (χ1v) is 13.3. The van der Waals surface area contributed by atoms with Crippen LogP contribution in [0.5, 0.6) is 0 Å². The van der Waals surface area contributed by atoms with Gasteiger partial charge in [0.25, 0.3) is 0 Å². The van der Waals surface area contributed by atoms with E-state index in [9.17, 15) is 0 Å². The van der Waals surface area contributed by atoms with Gasteiger partial charge in [0.15, 0.2) is 0 Å². The van der Waals surface area contributed by atoms with Crippen LogP contribution >= 0.6 is 0 Å². The van der Waals surface area contributed by atoms with Gasteiger partial charge < -0.3 is 10.3 Å². The molecule has 0 bridgehead atoms. The zero-order valence-corrected chi connectivity index (χ0v) is 23.8. The minimum atomic E-state index is 1.08. The number of hydrogen-bond acceptors (Lipinski definition) is 1. The van der Waals surface area contributed by atoms with Crippen LogP contribution in [0.2, 0.25) is 0 Å². The van der Waals surface area contributed by atoms with Crippen LogP contribution in [-0.4, -0.2) is 11.6 Å². The van der Waals surface area contributed by atoms with Crippen molar-refractivity contribution in [3.8, 4) is 0 Å². The van der Waals surface area contributed by atoms with E-state index in [1.807, 2.05) is 19.9 Å². The van der Waals surface area contributed by atoms with Crippen LogP contribution in [0.3, 0.4) is 0 Å². The zero-order chi connectivity index (χ0) is 27.4. The largest absolute Gasteiger partial charge is 0.344 e. The molecule has 0 spiro atoms. The molecule has 0 fully saturated rings. The Morgan fingerprint density at radius 1 is 1.00 bits per heavy atom. The van der Waals surface area contributed by atoms with Gasteiger partial charge in [0.05, 0.1) is 0 Å². The van der Waals surface area contributed by atoms with E-state index in [4.69, 9.17) is 0 Å².